The smallest absolute Gasteiger partial charge is 0.193 e. The molecule has 0 aliphatic heterocycles. The van der Waals surface area contributed by atoms with Crippen LogP contribution in [0, 0.1) is 0 Å². The van der Waals surface area contributed by atoms with Crippen molar-refractivity contribution in [3.05, 3.63) is 66.9 Å². The van der Waals surface area contributed by atoms with Gasteiger partial charge in [-0.25, -0.2) is 8.42 Å². The van der Waals surface area contributed by atoms with E-state index in [0.29, 0.717) is 5.03 Å². The van der Waals surface area contributed by atoms with Crippen LogP contribution < -0.4 is 0 Å². The molecule has 4 aromatic carbocycles. The molecule has 0 aliphatic carbocycles. The lowest BCUT2D eigenvalue weighted by molar-refractivity contribution is 0.576. The van der Waals surface area contributed by atoms with Gasteiger partial charge >= 0.3 is 0 Å². The highest BCUT2D eigenvalue weighted by molar-refractivity contribution is 7.91. The summed E-state index contributed by atoms with van der Waals surface area (Å²) in [6, 6.07) is 21.5. The molecule has 0 atom stereocenters. The summed E-state index contributed by atoms with van der Waals surface area (Å²) in [6.45, 7) is 2.20. The van der Waals surface area contributed by atoms with Crippen LogP contribution in [0.3, 0.4) is 0 Å². The third-order valence-electron chi connectivity index (χ3n) is 8.12. The molecule has 0 bridgehead atoms. The summed E-state index contributed by atoms with van der Waals surface area (Å²) in [5.41, 5.74) is 2.19. The maximum atomic E-state index is 13.3. The summed E-state index contributed by atoms with van der Waals surface area (Å²) in [7, 11) is 0.613. The summed E-state index contributed by atoms with van der Waals surface area (Å²) in [6.07, 6.45) is 8.53. The average Bonchev–Trinajstić information content (AvgIpc) is 3.46. The molecular formula is C32H34N2O2S. The van der Waals surface area contributed by atoms with E-state index < -0.39 is 9.84 Å². The van der Waals surface area contributed by atoms with E-state index in [1.807, 2.05) is 17.7 Å². The van der Waals surface area contributed by atoms with Crippen LogP contribution >= 0.6 is 0 Å². The summed E-state index contributed by atoms with van der Waals surface area (Å²) in [5, 5.41) is 9.87. The summed E-state index contributed by atoms with van der Waals surface area (Å²) >= 11 is 0. The van der Waals surface area contributed by atoms with Crippen molar-refractivity contribution < 1.29 is 8.42 Å². The van der Waals surface area contributed by atoms with Gasteiger partial charge in [-0.05, 0) is 63.0 Å². The predicted molar refractivity (Wildman–Crippen MR) is 157 cm³/mol. The number of hydrogen-bond donors (Lipinski definition) is 0. The van der Waals surface area contributed by atoms with Crippen molar-refractivity contribution in [1.82, 2.24) is 9.13 Å². The van der Waals surface area contributed by atoms with Crippen LogP contribution in [0.25, 0.3) is 54.1 Å². The number of unbranched alkanes of at least 4 members (excludes halogenated alkanes) is 5. The first-order valence-corrected chi connectivity index (χ1v) is 15.1. The SMILES string of the molecule is CCCCCCCCS(=O)(=O)c1cc2c3ccc4c(ccc5c4ccc4c5ccn4C)c3ccc2n1C. The van der Waals surface area contributed by atoms with E-state index in [1.165, 1.54) is 51.7 Å². The van der Waals surface area contributed by atoms with E-state index in [1.54, 1.807) is 0 Å². The topological polar surface area (TPSA) is 44.0 Å². The highest BCUT2D eigenvalue weighted by atomic mass is 32.2. The van der Waals surface area contributed by atoms with Crippen molar-refractivity contribution in [3.8, 4) is 0 Å². The lowest BCUT2D eigenvalue weighted by Gasteiger charge is -2.10. The van der Waals surface area contributed by atoms with Crippen LogP contribution in [0.15, 0.2) is 71.9 Å². The van der Waals surface area contributed by atoms with Crippen LogP contribution in [0.5, 0.6) is 0 Å². The van der Waals surface area contributed by atoms with Crippen LogP contribution in [-0.4, -0.2) is 23.3 Å². The van der Waals surface area contributed by atoms with Gasteiger partial charge < -0.3 is 9.13 Å². The molecule has 6 aromatic rings. The molecule has 2 aromatic heterocycles. The number of hydrogen-bond acceptors (Lipinski definition) is 2. The van der Waals surface area contributed by atoms with Gasteiger partial charge in [0.2, 0.25) is 0 Å². The van der Waals surface area contributed by atoms with E-state index >= 15 is 0 Å². The second-order valence-electron chi connectivity index (χ2n) is 10.5. The highest BCUT2D eigenvalue weighted by Crippen LogP contribution is 2.38. The van der Waals surface area contributed by atoms with Crippen molar-refractivity contribution in [2.75, 3.05) is 5.75 Å². The molecule has 190 valence electrons. The van der Waals surface area contributed by atoms with Crippen molar-refractivity contribution in [1.29, 1.82) is 0 Å². The number of aryl methyl sites for hydroxylation is 2. The Morgan fingerprint density at radius 3 is 1.76 bits per heavy atom. The Kier molecular flexibility index (Phi) is 5.99. The molecule has 2 heterocycles. The first kappa shape index (κ1) is 24.1. The third-order valence-corrected chi connectivity index (χ3v) is 9.98. The van der Waals surface area contributed by atoms with Crippen LogP contribution in [0.1, 0.15) is 45.4 Å². The quantitative estimate of drug-likeness (QED) is 0.153. The van der Waals surface area contributed by atoms with E-state index in [-0.39, 0.29) is 5.75 Å². The zero-order valence-electron chi connectivity index (χ0n) is 21.9. The van der Waals surface area contributed by atoms with Crippen LogP contribution in [0.4, 0.5) is 0 Å². The summed E-state index contributed by atoms with van der Waals surface area (Å²) in [5.74, 6) is 0.212. The van der Waals surface area contributed by atoms with Crippen LogP contribution in [-0.2, 0) is 23.9 Å². The fourth-order valence-electron chi connectivity index (χ4n) is 6.07. The van der Waals surface area contributed by atoms with E-state index in [4.69, 9.17) is 0 Å². The van der Waals surface area contributed by atoms with E-state index in [9.17, 15) is 8.42 Å². The zero-order valence-corrected chi connectivity index (χ0v) is 22.7. The average molecular weight is 511 g/mol. The standard InChI is InChI=1S/C32H34N2O2S/c1-4-5-6-7-8-9-20-37(35,36)32-21-29-27-13-11-22-23(25(27)15-17-31(29)34(32)3)10-12-26-24(22)14-16-30-28(26)18-19-33(30)2/h10-19,21H,4-9,20H2,1-3H3. The van der Waals surface area contributed by atoms with Crippen molar-refractivity contribution >= 4 is 64.0 Å². The Balaban J connectivity index is 1.44. The molecule has 0 spiro atoms. The van der Waals surface area contributed by atoms with Gasteiger partial charge in [-0.2, -0.15) is 0 Å². The molecule has 0 fully saturated rings. The minimum Gasteiger partial charge on any atom is -0.351 e. The Bertz CT molecular complexity index is 1910. The molecule has 0 aliphatic rings. The summed E-state index contributed by atoms with van der Waals surface area (Å²) in [4.78, 5) is 0. The van der Waals surface area contributed by atoms with Crippen molar-refractivity contribution in [2.24, 2.45) is 14.1 Å². The Morgan fingerprint density at radius 1 is 0.595 bits per heavy atom. The maximum absolute atomic E-state index is 13.3. The van der Waals surface area contributed by atoms with Gasteiger partial charge in [0.05, 0.1) is 5.75 Å². The molecule has 0 radical (unpaired) electrons. The molecule has 6 rings (SSSR count). The lowest BCUT2D eigenvalue weighted by atomic mass is 9.94. The largest absolute Gasteiger partial charge is 0.351 e. The van der Waals surface area contributed by atoms with Crippen LogP contribution in [0.2, 0.25) is 0 Å². The number of rotatable bonds is 8. The fourth-order valence-corrected chi connectivity index (χ4v) is 7.68. The third kappa shape index (κ3) is 3.91. The zero-order chi connectivity index (χ0) is 25.7. The molecule has 0 amide bonds. The Labute approximate surface area is 218 Å². The highest BCUT2D eigenvalue weighted by Gasteiger charge is 2.21. The summed E-state index contributed by atoms with van der Waals surface area (Å²) < 4.78 is 30.6. The molecule has 37 heavy (non-hydrogen) atoms. The Morgan fingerprint density at radius 2 is 1.11 bits per heavy atom. The number of fused-ring (bicyclic) bond motifs is 9. The van der Waals surface area contributed by atoms with Gasteiger partial charge in [0.15, 0.2) is 9.84 Å². The molecule has 0 unspecified atom stereocenters. The van der Waals surface area contributed by atoms with E-state index in [2.05, 4.69) is 79.3 Å². The fraction of sp³-hybridized carbons (Fsp3) is 0.312. The predicted octanol–water partition coefficient (Wildman–Crippen LogP) is 8.26. The minimum atomic E-state index is -3.34. The number of aromatic nitrogens is 2. The molecule has 0 N–H and O–H groups in total. The molecule has 0 saturated carbocycles. The lowest BCUT2D eigenvalue weighted by Crippen LogP contribution is -2.11. The second-order valence-corrected chi connectivity index (χ2v) is 12.5. The maximum Gasteiger partial charge on any atom is 0.193 e. The molecular weight excluding hydrogens is 476 g/mol. The number of benzene rings is 4. The van der Waals surface area contributed by atoms with Gasteiger partial charge in [0, 0.05) is 42.1 Å². The normalized spacial score (nSPS) is 12.6. The second kappa shape index (κ2) is 9.21. The molecule has 5 heteroatoms. The van der Waals surface area contributed by atoms with Crippen molar-refractivity contribution in [2.45, 2.75) is 50.5 Å². The molecule has 4 nitrogen and oxygen atoms in total. The van der Waals surface area contributed by atoms with Gasteiger partial charge in [0.25, 0.3) is 0 Å². The number of nitrogens with zero attached hydrogens (tertiary/aromatic N) is 2. The van der Waals surface area contributed by atoms with Crippen molar-refractivity contribution in [3.63, 3.8) is 0 Å². The Hall–Kier alpha value is -3.31. The minimum absolute atomic E-state index is 0.212. The number of sulfone groups is 1. The van der Waals surface area contributed by atoms with Gasteiger partial charge in [0.1, 0.15) is 5.03 Å². The monoisotopic (exact) mass is 510 g/mol. The van der Waals surface area contributed by atoms with Gasteiger partial charge in [-0.3, -0.25) is 0 Å². The van der Waals surface area contributed by atoms with Gasteiger partial charge in [-0.1, -0.05) is 75.4 Å². The van der Waals surface area contributed by atoms with E-state index in [0.717, 1.165) is 40.9 Å². The first-order valence-electron chi connectivity index (χ1n) is 13.4. The van der Waals surface area contributed by atoms with Gasteiger partial charge in [-0.15, -0.1) is 0 Å². The first-order chi connectivity index (χ1) is 17.9. The molecule has 0 saturated heterocycles.